The molecule has 0 amide bonds. The van der Waals surface area contributed by atoms with E-state index in [0.29, 0.717) is 28.2 Å². The van der Waals surface area contributed by atoms with E-state index in [1.807, 2.05) is 30.3 Å². The topological polar surface area (TPSA) is 43.4 Å². The summed E-state index contributed by atoms with van der Waals surface area (Å²) in [6, 6.07) is 18.3. The van der Waals surface area contributed by atoms with E-state index < -0.39 is 0 Å². The third-order valence-electron chi connectivity index (χ3n) is 6.28. The fourth-order valence-corrected chi connectivity index (χ4v) is 5.03. The monoisotopic (exact) mass is 605 g/mol. The largest absolute Gasteiger partial charge is 0.372 e. The third-order valence-corrected chi connectivity index (χ3v) is 7.73. The van der Waals surface area contributed by atoms with Gasteiger partial charge in [-0.25, -0.2) is 4.98 Å². The first-order chi connectivity index (χ1) is 17.4. The van der Waals surface area contributed by atoms with Crippen molar-refractivity contribution in [2.24, 2.45) is 0 Å². The highest BCUT2D eigenvalue weighted by atomic mass is 79.9. The Kier molecular flexibility index (Phi) is 9.71. The maximum absolute atomic E-state index is 6.26. The molecule has 1 atom stereocenters. The minimum atomic E-state index is 0.0920. The molecule has 0 saturated carbocycles. The van der Waals surface area contributed by atoms with E-state index in [4.69, 9.17) is 35.4 Å². The van der Waals surface area contributed by atoms with E-state index in [2.05, 4.69) is 72.5 Å². The second kappa shape index (κ2) is 13.0. The summed E-state index contributed by atoms with van der Waals surface area (Å²) in [7, 11) is 0. The van der Waals surface area contributed by atoms with Crippen molar-refractivity contribution in [2.45, 2.75) is 38.8 Å². The lowest BCUT2D eigenvalue weighted by molar-refractivity contribution is 0.578. The first-order valence-corrected chi connectivity index (χ1v) is 14.1. The number of nitrogens with one attached hydrogen (secondary N) is 2. The predicted molar refractivity (Wildman–Crippen MR) is 161 cm³/mol. The number of hydrogen-bond acceptors (Lipinski definition) is 4. The molecule has 1 aliphatic rings. The van der Waals surface area contributed by atoms with Gasteiger partial charge in [-0.15, -0.1) is 0 Å². The summed E-state index contributed by atoms with van der Waals surface area (Å²) in [5.41, 5.74) is 3.30. The number of rotatable bonds is 8. The Bertz CT molecular complexity index is 1150. The second-order valence-corrected chi connectivity index (χ2v) is 11.1. The summed E-state index contributed by atoms with van der Waals surface area (Å²) in [5, 5.41) is 8.34. The Morgan fingerprint density at radius 1 is 1.06 bits per heavy atom. The van der Waals surface area contributed by atoms with Crippen LogP contribution in [0.5, 0.6) is 0 Å². The van der Waals surface area contributed by atoms with Gasteiger partial charge in [-0.05, 0) is 108 Å². The molecule has 0 bridgehead atoms. The number of halogens is 3. The third kappa shape index (κ3) is 7.48. The maximum atomic E-state index is 6.26. The van der Waals surface area contributed by atoms with Gasteiger partial charge in [0, 0.05) is 54.3 Å². The molecule has 2 heterocycles. The zero-order chi connectivity index (χ0) is 25.5. The van der Waals surface area contributed by atoms with Gasteiger partial charge >= 0.3 is 0 Å². The number of benzene rings is 2. The Balaban J connectivity index is 1.37. The van der Waals surface area contributed by atoms with Gasteiger partial charge in [-0.3, -0.25) is 0 Å². The van der Waals surface area contributed by atoms with Crippen LogP contribution < -0.4 is 20.4 Å². The van der Waals surface area contributed by atoms with Crippen LogP contribution in [0.1, 0.15) is 31.7 Å². The van der Waals surface area contributed by atoms with E-state index in [-0.39, 0.29) is 6.04 Å². The molecule has 36 heavy (non-hydrogen) atoms. The average Bonchev–Trinajstić information content (AvgIpc) is 2.89. The summed E-state index contributed by atoms with van der Waals surface area (Å²) in [4.78, 5) is 9.28. The van der Waals surface area contributed by atoms with Gasteiger partial charge in [0.2, 0.25) is 0 Å². The van der Waals surface area contributed by atoms with Gasteiger partial charge < -0.3 is 20.4 Å². The van der Waals surface area contributed by atoms with Crippen LogP contribution in [0.25, 0.3) is 0 Å². The molecule has 2 aromatic carbocycles. The highest BCUT2D eigenvalue weighted by Crippen LogP contribution is 2.26. The normalized spacial score (nSPS) is 14.3. The first kappa shape index (κ1) is 27.0. The van der Waals surface area contributed by atoms with Crippen molar-refractivity contribution in [3.63, 3.8) is 0 Å². The van der Waals surface area contributed by atoms with Crippen LogP contribution in [0, 0.1) is 0 Å². The summed E-state index contributed by atoms with van der Waals surface area (Å²) in [5.74, 6) is 0.866. The number of thiocarbonyl (C=S) groups is 1. The van der Waals surface area contributed by atoms with Crippen molar-refractivity contribution in [1.29, 1.82) is 0 Å². The average molecular weight is 607 g/mol. The summed E-state index contributed by atoms with van der Waals surface area (Å²) in [6.45, 7) is 5.68. The molecule has 3 aromatic rings. The minimum Gasteiger partial charge on any atom is -0.372 e. The Hall–Kier alpha value is -2.06. The lowest BCUT2D eigenvalue weighted by Gasteiger charge is -2.31. The fourth-order valence-electron chi connectivity index (χ4n) is 4.27. The van der Waals surface area contributed by atoms with Gasteiger partial charge in [0.15, 0.2) is 5.11 Å². The minimum absolute atomic E-state index is 0.0920. The molecule has 0 aliphatic carbocycles. The molecule has 5 nitrogen and oxygen atoms in total. The zero-order valence-corrected chi connectivity index (χ0v) is 24.1. The van der Waals surface area contributed by atoms with E-state index in [0.717, 1.165) is 34.6 Å². The van der Waals surface area contributed by atoms with E-state index in [1.165, 1.54) is 24.9 Å². The smallest absolute Gasteiger partial charge is 0.170 e. The van der Waals surface area contributed by atoms with Crippen molar-refractivity contribution in [3.8, 4) is 0 Å². The number of pyridine rings is 1. The van der Waals surface area contributed by atoms with E-state index in [1.54, 1.807) is 6.20 Å². The van der Waals surface area contributed by atoms with Gasteiger partial charge in [-0.1, -0.05) is 29.3 Å². The molecule has 1 aromatic heterocycles. The van der Waals surface area contributed by atoms with Gasteiger partial charge in [0.05, 0.1) is 10.0 Å². The zero-order valence-electron chi connectivity index (χ0n) is 20.2. The van der Waals surface area contributed by atoms with Crippen LogP contribution in [0.2, 0.25) is 10.0 Å². The van der Waals surface area contributed by atoms with Crippen LogP contribution in [0.3, 0.4) is 0 Å². The molecular weight excluding hydrogens is 577 g/mol. The highest BCUT2D eigenvalue weighted by Gasteiger charge is 2.18. The standard InChI is InChI=1S/C27H30BrCl2N5S/c1-19(16-32-27(36)33-22-7-9-23(10-8-22)34-13-3-2-4-14-34)35(26-12-6-21(28)17-31-26)18-20-5-11-24(29)25(30)15-20/h5-12,15,17,19H,2-4,13-14,16,18H2,1H3,(H2,32,33,36). The molecule has 9 heteroatoms. The second-order valence-electron chi connectivity index (χ2n) is 8.99. The van der Waals surface area contributed by atoms with Crippen LogP contribution in [-0.4, -0.2) is 35.8 Å². The van der Waals surface area contributed by atoms with Crippen molar-refractivity contribution in [2.75, 3.05) is 34.8 Å². The molecular formula is C27H30BrCl2N5S. The molecule has 1 unspecified atom stereocenters. The molecule has 190 valence electrons. The summed E-state index contributed by atoms with van der Waals surface area (Å²) < 4.78 is 0.934. The van der Waals surface area contributed by atoms with Crippen LogP contribution in [0.15, 0.2) is 65.3 Å². The Morgan fingerprint density at radius 2 is 1.81 bits per heavy atom. The SMILES string of the molecule is CC(CNC(=S)Nc1ccc(N2CCCCC2)cc1)N(Cc1ccc(Cl)c(Cl)c1)c1ccc(Br)cn1. The highest BCUT2D eigenvalue weighted by molar-refractivity contribution is 9.10. The van der Waals surface area contributed by atoms with Crippen molar-refractivity contribution in [3.05, 3.63) is 80.9 Å². The van der Waals surface area contributed by atoms with Gasteiger partial charge in [0.1, 0.15) is 5.82 Å². The maximum Gasteiger partial charge on any atom is 0.170 e. The molecule has 0 spiro atoms. The molecule has 0 radical (unpaired) electrons. The summed E-state index contributed by atoms with van der Waals surface area (Å²) in [6.07, 6.45) is 5.67. The number of aromatic nitrogens is 1. The lowest BCUT2D eigenvalue weighted by atomic mass is 10.1. The molecule has 4 rings (SSSR count). The summed E-state index contributed by atoms with van der Waals surface area (Å²) >= 11 is 21.4. The Labute approximate surface area is 237 Å². The van der Waals surface area contributed by atoms with E-state index in [9.17, 15) is 0 Å². The molecule has 1 saturated heterocycles. The van der Waals surface area contributed by atoms with Gasteiger partial charge in [0.25, 0.3) is 0 Å². The quantitative estimate of drug-likeness (QED) is 0.259. The molecule has 2 N–H and O–H groups in total. The number of anilines is 3. The van der Waals surface area contributed by atoms with Crippen molar-refractivity contribution >= 4 is 73.7 Å². The number of piperidine rings is 1. The fraction of sp³-hybridized carbons (Fsp3) is 0.333. The van der Waals surface area contributed by atoms with Crippen LogP contribution in [-0.2, 0) is 6.54 Å². The van der Waals surface area contributed by atoms with Crippen LogP contribution in [0.4, 0.5) is 17.2 Å². The first-order valence-electron chi connectivity index (χ1n) is 12.1. The van der Waals surface area contributed by atoms with Gasteiger partial charge in [-0.2, -0.15) is 0 Å². The van der Waals surface area contributed by atoms with Crippen LogP contribution >= 0.6 is 51.3 Å². The number of nitrogens with zero attached hydrogens (tertiary/aromatic N) is 3. The predicted octanol–water partition coefficient (Wildman–Crippen LogP) is 7.52. The number of hydrogen-bond donors (Lipinski definition) is 2. The molecule has 1 aliphatic heterocycles. The van der Waals surface area contributed by atoms with Crippen molar-refractivity contribution < 1.29 is 0 Å². The van der Waals surface area contributed by atoms with Crippen molar-refractivity contribution in [1.82, 2.24) is 10.3 Å². The molecule has 1 fully saturated rings. The van der Waals surface area contributed by atoms with E-state index >= 15 is 0 Å². The lowest BCUT2D eigenvalue weighted by Crippen LogP contribution is -2.43. The Morgan fingerprint density at radius 3 is 2.47 bits per heavy atom.